The molecule has 2 unspecified atom stereocenters. The van der Waals surface area contributed by atoms with Crippen molar-refractivity contribution < 1.29 is 31.5 Å². The van der Waals surface area contributed by atoms with Crippen molar-refractivity contribution in [1.82, 2.24) is 0 Å². The zero-order chi connectivity index (χ0) is 74.0. The summed E-state index contributed by atoms with van der Waals surface area (Å²) < 4.78 is 223. The first-order chi connectivity index (χ1) is 47.4. The summed E-state index contributed by atoms with van der Waals surface area (Å²) in [5.41, 5.74) is -3.39. The van der Waals surface area contributed by atoms with Gasteiger partial charge >= 0.3 is 0 Å². The third-order valence-electron chi connectivity index (χ3n) is 19.0. The Kier molecular flexibility index (Phi) is 6.55. The van der Waals surface area contributed by atoms with Gasteiger partial charge in [-0.05, 0) is 183 Å². The van der Waals surface area contributed by atoms with Crippen LogP contribution in [-0.2, 0) is 41.9 Å². The van der Waals surface area contributed by atoms with Crippen LogP contribution in [0.5, 0.6) is 0 Å². The van der Waals surface area contributed by atoms with Gasteiger partial charge in [-0.15, -0.1) is 11.3 Å². The van der Waals surface area contributed by atoms with Crippen molar-refractivity contribution >= 4 is 90.0 Å². The van der Waals surface area contributed by atoms with Gasteiger partial charge in [0.05, 0.1) is 28.8 Å². The minimum Gasteiger partial charge on any atom is -0.334 e. The van der Waals surface area contributed by atoms with Gasteiger partial charge in [-0.25, -0.2) is 0 Å². The van der Waals surface area contributed by atoms with Gasteiger partial charge in [0.2, 0.25) is 0 Å². The van der Waals surface area contributed by atoms with E-state index in [1.165, 1.54) is 27.5 Å². The molecule has 0 saturated heterocycles. The molecule has 1 saturated carbocycles. The molecule has 3 nitrogen and oxygen atoms in total. The van der Waals surface area contributed by atoms with E-state index in [0.717, 1.165) is 65.3 Å². The zero-order valence-electron chi connectivity index (χ0n) is 68.8. The summed E-state index contributed by atoms with van der Waals surface area (Å²) in [5.74, 6) is 0. The van der Waals surface area contributed by atoms with Crippen LogP contribution in [0.2, 0.25) is 0 Å². The number of fused-ring (bicyclic) bond motifs is 11. The molecular formula is C74H74BN3S. The van der Waals surface area contributed by atoms with E-state index in [1.54, 1.807) is 25.2 Å². The molecule has 8 aromatic carbocycles. The van der Waals surface area contributed by atoms with Crippen LogP contribution in [-0.4, -0.2) is 12.3 Å². The van der Waals surface area contributed by atoms with Gasteiger partial charge in [0.15, 0.2) is 0 Å². The maximum absolute atomic E-state index is 11.6. The largest absolute Gasteiger partial charge is 0.334 e. The SMILES string of the molecule is [2H]c1cc2c(cc1C(C)(C)c1c([2H])c([2H])c([2H])c([2H])c1[2H])N(c1c([2H])c([2H])c([2H])c(C(c3c([2H])c([2H])c([2H])c([2H])c3[2H])(C([2H])([2H])[2H])C([2H])([2H])[2H])c1[2H])c1c([2H])c(N3c4ccccc4C4(C)CCCCC34C)c([2H])c3c1B2c1cc2sc4c(c2cc1N3c1ccc2c(c1)CC(C)(C)C2)CC(C)(C)C4. The molecule has 15 rings (SSSR count). The highest BCUT2D eigenvalue weighted by Gasteiger charge is 2.58. The quantitative estimate of drug-likeness (QED) is 0.147. The molecule has 5 heteroatoms. The van der Waals surface area contributed by atoms with Crippen molar-refractivity contribution in [3.63, 3.8) is 0 Å². The molecule has 0 bridgehead atoms. The Morgan fingerprint density at radius 1 is 0.544 bits per heavy atom. The highest BCUT2D eigenvalue weighted by atomic mass is 32.1. The minimum atomic E-state index is -4.08. The van der Waals surface area contributed by atoms with Crippen molar-refractivity contribution in [3.05, 3.63) is 219 Å². The average molecular weight is 1070 g/mol. The summed E-state index contributed by atoms with van der Waals surface area (Å²) in [7, 11) is 0. The highest BCUT2D eigenvalue weighted by Crippen LogP contribution is 2.62. The van der Waals surface area contributed by atoms with E-state index in [0.29, 0.717) is 35.4 Å². The molecule has 1 aromatic heterocycles. The first-order valence-electron chi connectivity index (χ1n) is 39.2. The molecule has 4 heterocycles. The fraction of sp³-hybridized carbons (Fsp3) is 0.324. The molecule has 6 aliphatic rings. The topological polar surface area (TPSA) is 9.72 Å². The lowest BCUT2D eigenvalue weighted by atomic mass is 9.33. The van der Waals surface area contributed by atoms with Crippen LogP contribution in [0, 0.1) is 10.8 Å². The fourth-order valence-corrected chi connectivity index (χ4v) is 16.4. The molecule has 3 aliphatic heterocycles. The van der Waals surface area contributed by atoms with E-state index in [1.807, 2.05) is 24.3 Å². The Labute approximate surface area is 506 Å². The number of nitrogens with zero attached hydrogens (tertiary/aromatic N) is 3. The number of thiophene rings is 1. The maximum Gasteiger partial charge on any atom is 0.252 e. The second kappa shape index (κ2) is 16.9. The van der Waals surface area contributed by atoms with Crippen LogP contribution >= 0.6 is 11.3 Å². The predicted octanol–water partition coefficient (Wildman–Crippen LogP) is 17.6. The van der Waals surface area contributed by atoms with Gasteiger partial charge in [-0.2, -0.15) is 0 Å². The molecule has 0 spiro atoms. The second-order valence-electron chi connectivity index (χ2n) is 25.7. The highest BCUT2D eigenvalue weighted by molar-refractivity contribution is 7.19. The average Bonchev–Trinajstić information content (AvgIpc) is 0.892. The lowest BCUT2D eigenvalue weighted by Crippen LogP contribution is -2.61. The van der Waals surface area contributed by atoms with Crippen LogP contribution < -0.4 is 31.1 Å². The normalized spacial score (nSPS) is 25.5. The first-order valence-corrected chi connectivity index (χ1v) is 28.5. The van der Waals surface area contributed by atoms with E-state index in [9.17, 15) is 23.3 Å². The Balaban J connectivity index is 1.18. The van der Waals surface area contributed by atoms with Crippen LogP contribution in [0.25, 0.3) is 10.1 Å². The molecule has 3 aliphatic carbocycles. The molecule has 79 heavy (non-hydrogen) atoms. The number of anilines is 8. The molecule has 1 fully saturated rings. The van der Waals surface area contributed by atoms with Gasteiger partial charge in [-0.1, -0.05) is 184 Å². The summed E-state index contributed by atoms with van der Waals surface area (Å²) in [4.78, 5) is 6.62. The number of benzene rings is 8. The summed E-state index contributed by atoms with van der Waals surface area (Å²) in [6, 6.07) is 7.21. The molecule has 2 atom stereocenters. The Morgan fingerprint density at radius 2 is 1.22 bits per heavy atom. The Hall–Kier alpha value is -6.82. The predicted molar refractivity (Wildman–Crippen MR) is 338 cm³/mol. The van der Waals surface area contributed by atoms with Crippen molar-refractivity contribution in [1.29, 1.82) is 0 Å². The standard InChI is InChI=1S/C74H74BN3S/c1-69(2)43-47-30-32-54(36-48(47)44-69)77-63-41-56-57-45-70(3,4)46-67(57)79-66(56)42-60(63)75-59-33-31-52(72(7,8)50-24-15-12-16-25-50)38-62(59)76(53-27-21-26-51(37-53)71(5,6)49-22-13-11-14-23-49)64-39-55(40-65(77)68(64)75)78-61-29-18-17-28-58(61)73(9)34-19-20-35-74(73,78)10/h11-18,21-33,36-42H,19-20,34-35,43-46H2,1-10H3/i5D3,6D3,11D,12D,13D,14D,15D,16D,21D,22D,23D,24D,25D,26D,27D,31D,37D,39D,40D. The maximum atomic E-state index is 11.6. The third-order valence-corrected chi connectivity index (χ3v) is 20.2. The smallest absolute Gasteiger partial charge is 0.252 e. The Bertz CT molecular complexity index is 5190. The van der Waals surface area contributed by atoms with Gasteiger partial charge in [-0.3, -0.25) is 0 Å². The lowest BCUT2D eigenvalue weighted by Gasteiger charge is -2.51. The monoisotopic (exact) mass is 1070 g/mol. The first kappa shape index (κ1) is 30.7. The van der Waals surface area contributed by atoms with E-state index in [-0.39, 0.29) is 73.8 Å². The van der Waals surface area contributed by atoms with Gasteiger partial charge in [0.1, 0.15) is 0 Å². The fourth-order valence-electron chi connectivity index (χ4n) is 14.8. The number of hydrogen-bond donors (Lipinski definition) is 0. The number of para-hydroxylation sites is 1. The van der Waals surface area contributed by atoms with Gasteiger partial charge in [0.25, 0.3) is 6.71 Å². The van der Waals surface area contributed by atoms with Gasteiger partial charge in [0, 0.05) is 79.5 Å². The second-order valence-corrected chi connectivity index (χ2v) is 26.8. The van der Waals surface area contributed by atoms with Crippen molar-refractivity contribution in [2.45, 2.75) is 142 Å². The van der Waals surface area contributed by atoms with Crippen LogP contribution in [0.3, 0.4) is 0 Å². The van der Waals surface area contributed by atoms with Crippen molar-refractivity contribution in [2.24, 2.45) is 10.8 Å². The van der Waals surface area contributed by atoms with Crippen molar-refractivity contribution in [3.8, 4) is 0 Å². The third kappa shape index (κ3) is 7.16. The molecule has 0 N–H and O–H groups in total. The molecule has 394 valence electrons. The van der Waals surface area contributed by atoms with E-state index < -0.39 is 144 Å². The summed E-state index contributed by atoms with van der Waals surface area (Å²) >= 11 is 1.66. The van der Waals surface area contributed by atoms with E-state index >= 15 is 0 Å². The van der Waals surface area contributed by atoms with E-state index in [4.69, 9.17) is 8.22 Å². The zero-order valence-corrected chi connectivity index (χ0v) is 46.7. The Morgan fingerprint density at radius 3 is 1.97 bits per heavy atom. The van der Waals surface area contributed by atoms with Crippen LogP contribution in [0.4, 0.5) is 45.5 Å². The molecule has 0 amide bonds. The summed E-state index contributed by atoms with van der Waals surface area (Å²) in [5, 5.41) is 1.00. The van der Waals surface area contributed by atoms with Crippen LogP contribution in [0.15, 0.2) is 169 Å². The number of rotatable bonds is 7. The molecule has 9 aromatic rings. The molecular weight excluding hydrogens is 974 g/mol. The summed E-state index contributed by atoms with van der Waals surface area (Å²) in [6.07, 6.45) is 6.03. The van der Waals surface area contributed by atoms with Gasteiger partial charge < -0.3 is 14.7 Å². The summed E-state index contributed by atoms with van der Waals surface area (Å²) in [6.45, 7) is 7.14. The minimum absolute atomic E-state index is 0.00250. The van der Waals surface area contributed by atoms with Crippen molar-refractivity contribution in [2.75, 3.05) is 14.7 Å². The van der Waals surface area contributed by atoms with E-state index in [2.05, 4.69) is 81.7 Å². The lowest BCUT2D eigenvalue weighted by molar-refractivity contribution is 0.195. The number of hydrogen-bond acceptors (Lipinski definition) is 4. The van der Waals surface area contributed by atoms with Crippen LogP contribution in [0.1, 0.15) is 176 Å². The molecule has 0 radical (unpaired) electrons.